The van der Waals surface area contributed by atoms with Gasteiger partial charge in [0.05, 0.1) is 0 Å². The Bertz CT molecular complexity index is 135. The molecule has 2 nitrogen and oxygen atoms in total. The first kappa shape index (κ1) is 12.3. The topological polar surface area (TPSA) is 15.3 Å². The van der Waals surface area contributed by atoms with Crippen molar-refractivity contribution in [2.24, 2.45) is 0 Å². The number of nitrogens with one attached hydrogen (secondary N) is 1. The smallest absolute Gasteiger partial charge is 0.0221 e. The highest BCUT2D eigenvalue weighted by atomic mass is 32.2. The van der Waals surface area contributed by atoms with Crippen LogP contribution in [-0.2, 0) is 0 Å². The summed E-state index contributed by atoms with van der Waals surface area (Å²) in [6.07, 6.45) is 2.65. The lowest BCUT2D eigenvalue weighted by atomic mass is 10.1. The molecule has 0 aromatic heterocycles. The first-order valence-electron chi connectivity index (χ1n) is 5.91. The van der Waals surface area contributed by atoms with Gasteiger partial charge in [-0.05, 0) is 13.0 Å². The van der Waals surface area contributed by atoms with Crippen LogP contribution in [0.25, 0.3) is 0 Å². The van der Waals surface area contributed by atoms with Gasteiger partial charge < -0.3 is 5.32 Å². The summed E-state index contributed by atoms with van der Waals surface area (Å²) in [7, 11) is 0. The third kappa shape index (κ3) is 4.20. The Morgan fingerprint density at radius 2 is 2.00 bits per heavy atom. The van der Waals surface area contributed by atoms with Crippen LogP contribution in [0.4, 0.5) is 0 Å². The molecule has 0 bridgehead atoms. The van der Waals surface area contributed by atoms with Crippen LogP contribution in [0.15, 0.2) is 0 Å². The van der Waals surface area contributed by atoms with E-state index in [1.165, 1.54) is 44.0 Å². The van der Waals surface area contributed by atoms with E-state index in [9.17, 15) is 0 Å². The molecule has 1 rings (SSSR count). The number of hydrogen-bond acceptors (Lipinski definition) is 3. The van der Waals surface area contributed by atoms with E-state index in [1.807, 2.05) is 0 Å². The fourth-order valence-electron chi connectivity index (χ4n) is 2.00. The molecule has 0 saturated carbocycles. The largest absolute Gasteiger partial charge is 0.315 e. The molecule has 1 fully saturated rings. The van der Waals surface area contributed by atoms with Gasteiger partial charge in [0, 0.05) is 37.2 Å². The zero-order valence-corrected chi connectivity index (χ0v) is 10.4. The van der Waals surface area contributed by atoms with E-state index in [0.717, 1.165) is 12.6 Å². The van der Waals surface area contributed by atoms with Crippen LogP contribution in [0.2, 0.25) is 0 Å². The first-order chi connectivity index (χ1) is 6.88. The molecular weight excluding hydrogens is 192 g/mol. The highest BCUT2D eigenvalue weighted by Crippen LogP contribution is 2.14. The lowest BCUT2D eigenvalue weighted by Crippen LogP contribution is -2.46. The van der Waals surface area contributed by atoms with Crippen molar-refractivity contribution in [2.45, 2.75) is 32.7 Å². The Morgan fingerprint density at radius 1 is 1.29 bits per heavy atom. The highest BCUT2D eigenvalue weighted by molar-refractivity contribution is 7.99. The number of rotatable bonds is 6. The maximum Gasteiger partial charge on any atom is 0.0221 e. The fraction of sp³-hybridized carbons (Fsp3) is 1.00. The number of likely N-dealkylation sites (N-methyl/N-ethyl adjacent to an activating group) is 1. The summed E-state index contributed by atoms with van der Waals surface area (Å²) in [6, 6.07) is 0.779. The number of thioether (sulfide) groups is 1. The Hall–Kier alpha value is 0.270. The molecule has 0 aliphatic carbocycles. The van der Waals surface area contributed by atoms with Gasteiger partial charge in [0.1, 0.15) is 0 Å². The lowest BCUT2D eigenvalue weighted by Gasteiger charge is -2.34. The molecule has 0 aromatic carbocycles. The molecule has 0 amide bonds. The van der Waals surface area contributed by atoms with E-state index in [-0.39, 0.29) is 0 Å². The van der Waals surface area contributed by atoms with Gasteiger partial charge >= 0.3 is 0 Å². The van der Waals surface area contributed by atoms with Crippen molar-refractivity contribution in [3.05, 3.63) is 0 Å². The molecular formula is C11H24N2S. The maximum atomic E-state index is 3.48. The van der Waals surface area contributed by atoms with Crippen molar-refractivity contribution in [3.63, 3.8) is 0 Å². The Morgan fingerprint density at radius 3 is 2.57 bits per heavy atom. The Labute approximate surface area is 92.8 Å². The third-order valence-corrected chi connectivity index (χ3v) is 3.76. The second-order valence-electron chi connectivity index (χ2n) is 3.90. The van der Waals surface area contributed by atoms with Gasteiger partial charge in [0.2, 0.25) is 0 Å². The average molecular weight is 216 g/mol. The predicted molar refractivity (Wildman–Crippen MR) is 66.1 cm³/mol. The van der Waals surface area contributed by atoms with Gasteiger partial charge in [0.25, 0.3) is 0 Å². The molecule has 3 heteroatoms. The van der Waals surface area contributed by atoms with Crippen LogP contribution in [0.1, 0.15) is 26.7 Å². The van der Waals surface area contributed by atoms with Crippen molar-refractivity contribution in [2.75, 3.05) is 37.7 Å². The minimum atomic E-state index is 0.779. The van der Waals surface area contributed by atoms with Crippen LogP contribution in [0, 0.1) is 0 Å². The van der Waals surface area contributed by atoms with Crippen LogP contribution in [0.5, 0.6) is 0 Å². The van der Waals surface area contributed by atoms with Crippen molar-refractivity contribution < 1.29 is 0 Å². The van der Waals surface area contributed by atoms with Gasteiger partial charge in [0.15, 0.2) is 0 Å². The van der Waals surface area contributed by atoms with E-state index in [2.05, 4.69) is 35.8 Å². The summed E-state index contributed by atoms with van der Waals surface area (Å²) in [6.45, 7) is 9.34. The van der Waals surface area contributed by atoms with E-state index < -0.39 is 0 Å². The summed E-state index contributed by atoms with van der Waals surface area (Å²) >= 11 is 2.10. The molecule has 0 aromatic rings. The van der Waals surface area contributed by atoms with Crippen molar-refractivity contribution in [1.82, 2.24) is 10.2 Å². The summed E-state index contributed by atoms with van der Waals surface area (Å²) in [5.41, 5.74) is 0. The Kier molecular flexibility index (Phi) is 6.65. The van der Waals surface area contributed by atoms with E-state index in [1.54, 1.807) is 0 Å². The van der Waals surface area contributed by atoms with Gasteiger partial charge in [-0.1, -0.05) is 20.3 Å². The third-order valence-electron chi connectivity index (χ3n) is 2.81. The summed E-state index contributed by atoms with van der Waals surface area (Å²) in [5, 5.41) is 3.48. The SMILES string of the molecule is CCCC(CNCC)N1CCSCC1. The lowest BCUT2D eigenvalue weighted by molar-refractivity contribution is 0.200. The zero-order chi connectivity index (χ0) is 10.2. The van der Waals surface area contributed by atoms with Gasteiger partial charge in [-0.25, -0.2) is 0 Å². The molecule has 14 heavy (non-hydrogen) atoms. The molecule has 0 radical (unpaired) electrons. The first-order valence-corrected chi connectivity index (χ1v) is 7.06. The van der Waals surface area contributed by atoms with E-state index in [0.29, 0.717) is 0 Å². The normalized spacial score (nSPS) is 21.0. The fourth-order valence-corrected chi connectivity index (χ4v) is 2.93. The molecule has 1 N–H and O–H groups in total. The second kappa shape index (κ2) is 7.55. The molecule has 1 aliphatic rings. The van der Waals surface area contributed by atoms with Crippen LogP contribution >= 0.6 is 11.8 Å². The van der Waals surface area contributed by atoms with Crippen molar-refractivity contribution in [1.29, 1.82) is 0 Å². The average Bonchev–Trinajstić information content (AvgIpc) is 2.25. The predicted octanol–water partition coefficient (Wildman–Crippen LogP) is 1.81. The zero-order valence-electron chi connectivity index (χ0n) is 9.59. The summed E-state index contributed by atoms with van der Waals surface area (Å²) in [4.78, 5) is 2.67. The summed E-state index contributed by atoms with van der Waals surface area (Å²) < 4.78 is 0. The molecule has 84 valence electrons. The second-order valence-corrected chi connectivity index (χ2v) is 5.12. The quantitative estimate of drug-likeness (QED) is 0.729. The van der Waals surface area contributed by atoms with Crippen LogP contribution < -0.4 is 5.32 Å². The maximum absolute atomic E-state index is 3.48. The van der Waals surface area contributed by atoms with Gasteiger partial charge in [-0.3, -0.25) is 4.90 Å². The number of hydrogen-bond donors (Lipinski definition) is 1. The number of nitrogens with zero attached hydrogens (tertiary/aromatic N) is 1. The highest BCUT2D eigenvalue weighted by Gasteiger charge is 2.19. The molecule has 1 unspecified atom stereocenters. The standard InChI is InChI=1S/C11H24N2S/c1-3-5-11(10-12-4-2)13-6-8-14-9-7-13/h11-12H,3-10H2,1-2H3. The van der Waals surface area contributed by atoms with Crippen LogP contribution in [-0.4, -0.2) is 48.6 Å². The molecule has 0 spiro atoms. The summed E-state index contributed by atoms with van der Waals surface area (Å²) in [5.74, 6) is 2.65. The molecule has 1 atom stereocenters. The van der Waals surface area contributed by atoms with Gasteiger partial charge in [-0.2, -0.15) is 11.8 Å². The minimum absolute atomic E-state index is 0.779. The van der Waals surface area contributed by atoms with E-state index >= 15 is 0 Å². The minimum Gasteiger partial charge on any atom is -0.315 e. The Balaban J connectivity index is 2.30. The molecule has 1 heterocycles. The van der Waals surface area contributed by atoms with Crippen molar-refractivity contribution in [3.8, 4) is 0 Å². The molecule has 1 aliphatic heterocycles. The van der Waals surface area contributed by atoms with Crippen LogP contribution in [0.3, 0.4) is 0 Å². The monoisotopic (exact) mass is 216 g/mol. The van der Waals surface area contributed by atoms with Gasteiger partial charge in [-0.15, -0.1) is 0 Å². The molecule has 1 saturated heterocycles. The van der Waals surface area contributed by atoms with Crippen molar-refractivity contribution >= 4 is 11.8 Å². The van der Waals surface area contributed by atoms with E-state index in [4.69, 9.17) is 0 Å².